The molecular weight excluding hydrogens is 408 g/mol. The van der Waals surface area contributed by atoms with Gasteiger partial charge in [0, 0.05) is 12.1 Å². The number of methoxy groups -OCH3 is 1. The van der Waals surface area contributed by atoms with Crippen LogP contribution in [0.15, 0.2) is 69.8 Å². The van der Waals surface area contributed by atoms with Crippen molar-refractivity contribution in [2.75, 3.05) is 13.7 Å². The summed E-state index contributed by atoms with van der Waals surface area (Å²) in [5, 5.41) is 21.8. The highest BCUT2D eigenvalue weighted by Gasteiger charge is 2.33. The Hall–Kier alpha value is -3.59. The highest BCUT2D eigenvalue weighted by molar-refractivity contribution is 8.18. The Labute approximate surface area is 176 Å². The van der Waals surface area contributed by atoms with Crippen molar-refractivity contribution >= 4 is 40.2 Å². The predicted octanol–water partition coefficient (Wildman–Crippen LogP) is 4.80. The van der Waals surface area contributed by atoms with E-state index < -0.39 is 10.9 Å². The number of nitro groups is 1. The van der Waals surface area contributed by atoms with Gasteiger partial charge in [0.15, 0.2) is 0 Å². The van der Waals surface area contributed by atoms with E-state index in [1.807, 2.05) is 12.1 Å². The van der Waals surface area contributed by atoms with Crippen LogP contribution >= 0.6 is 11.8 Å². The summed E-state index contributed by atoms with van der Waals surface area (Å²) in [6.07, 6.45) is 1.71. The molecule has 9 heteroatoms. The van der Waals surface area contributed by atoms with Crippen LogP contribution in [-0.4, -0.2) is 34.8 Å². The zero-order valence-electron chi connectivity index (χ0n) is 16.2. The minimum atomic E-state index is -0.697. The highest BCUT2D eigenvalue weighted by atomic mass is 32.2. The van der Waals surface area contributed by atoms with E-state index in [1.54, 1.807) is 32.2 Å². The second-order valence-electron chi connectivity index (χ2n) is 6.02. The fourth-order valence-corrected chi connectivity index (χ4v) is 3.68. The zero-order chi connectivity index (χ0) is 21.7. The molecule has 0 atom stereocenters. The number of rotatable bonds is 6. The largest absolute Gasteiger partial charge is 0.506 e. The first kappa shape index (κ1) is 21.1. The highest BCUT2D eigenvalue weighted by Crippen LogP contribution is 2.40. The van der Waals surface area contributed by atoms with Gasteiger partial charge in [0.2, 0.25) is 0 Å². The molecule has 2 aromatic rings. The summed E-state index contributed by atoms with van der Waals surface area (Å²) in [6, 6.07) is 12.8. The van der Waals surface area contributed by atoms with Crippen molar-refractivity contribution in [2.45, 2.75) is 6.92 Å². The van der Waals surface area contributed by atoms with Crippen LogP contribution in [0.4, 0.5) is 11.4 Å². The van der Waals surface area contributed by atoms with Gasteiger partial charge in [0.25, 0.3) is 5.69 Å². The Morgan fingerprint density at radius 1 is 1.27 bits per heavy atom. The number of aliphatic imine (C=N–C) groups is 1. The lowest BCUT2D eigenvalue weighted by Gasteiger charge is -2.03. The minimum Gasteiger partial charge on any atom is -0.506 e. The van der Waals surface area contributed by atoms with Crippen molar-refractivity contribution in [1.29, 1.82) is 0 Å². The number of non-ortho nitro benzene ring substituents is 1. The first-order chi connectivity index (χ1) is 14.4. The molecule has 0 radical (unpaired) electrons. The Morgan fingerprint density at radius 2 is 2.00 bits per heavy atom. The average Bonchev–Trinajstić information content (AvgIpc) is 3.03. The van der Waals surface area contributed by atoms with E-state index in [-0.39, 0.29) is 28.7 Å². The first-order valence-corrected chi connectivity index (χ1v) is 9.72. The number of nitro benzene ring substituents is 1. The van der Waals surface area contributed by atoms with Crippen LogP contribution in [0.25, 0.3) is 6.08 Å². The summed E-state index contributed by atoms with van der Waals surface area (Å²) in [5.41, 5.74) is 1.05. The molecule has 1 aliphatic rings. The van der Waals surface area contributed by atoms with Gasteiger partial charge in [-0.3, -0.25) is 10.1 Å². The molecule has 1 aliphatic heterocycles. The number of nitrogens with zero attached hydrogens (tertiary/aromatic N) is 2. The Kier molecular flexibility index (Phi) is 6.53. The summed E-state index contributed by atoms with van der Waals surface area (Å²) >= 11 is 1.11. The lowest BCUT2D eigenvalue weighted by atomic mass is 10.1. The maximum absolute atomic E-state index is 12.4. The van der Waals surface area contributed by atoms with Crippen molar-refractivity contribution in [1.82, 2.24) is 0 Å². The van der Waals surface area contributed by atoms with Crippen LogP contribution < -0.4 is 4.74 Å². The maximum Gasteiger partial charge on any atom is 0.344 e. The molecule has 0 aliphatic carbocycles. The first-order valence-electron chi connectivity index (χ1n) is 8.90. The molecule has 0 saturated heterocycles. The standard InChI is InChI=1S/C21H18N2O6S/c1-3-29-21(25)18-19(24)17(12-13-5-4-6-16(11-13)28-2)30-20(18)22-14-7-9-15(10-8-14)23(26)27/h4-12,24H,3H2,1-2H3/b17-12-,22-20?. The van der Waals surface area contributed by atoms with Crippen molar-refractivity contribution in [3.8, 4) is 5.75 Å². The number of hydrogen-bond donors (Lipinski definition) is 1. The predicted molar refractivity (Wildman–Crippen MR) is 115 cm³/mol. The molecule has 154 valence electrons. The van der Waals surface area contributed by atoms with Gasteiger partial charge in [0.05, 0.1) is 29.2 Å². The van der Waals surface area contributed by atoms with Crippen molar-refractivity contribution in [2.24, 2.45) is 4.99 Å². The van der Waals surface area contributed by atoms with E-state index in [0.717, 1.165) is 17.3 Å². The molecule has 8 nitrogen and oxygen atoms in total. The molecular formula is C21H18N2O6S. The van der Waals surface area contributed by atoms with E-state index >= 15 is 0 Å². The van der Waals surface area contributed by atoms with Crippen molar-refractivity contribution < 1.29 is 24.3 Å². The van der Waals surface area contributed by atoms with Gasteiger partial charge >= 0.3 is 5.97 Å². The van der Waals surface area contributed by atoms with Crippen LogP contribution in [0, 0.1) is 10.1 Å². The van der Waals surface area contributed by atoms with Gasteiger partial charge in [0.1, 0.15) is 22.1 Å². The van der Waals surface area contributed by atoms with Gasteiger partial charge < -0.3 is 14.6 Å². The molecule has 30 heavy (non-hydrogen) atoms. The summed E-state index contributed by atoms with van der Waals surface area (Å²) in [5.74, 6) is -0.277. The maximum atomic E-state index is 12.4. The third-order valence-corrected chi connectivity index (χ3v) is 5.07. The fourth-order valence-electron chi connectivity index (χ4n) is 2.64. The molecule has 0 fully saturated rings. The smallest absolute Gasteiger partial charge is 0.344 e. The van der Waals surface area contributed by atoms with Crippen molar-refractivity contribution in [3.05, 3.63) is 80.4 Å². The van der Waals surface area contributed by atoms with Gasteiger partial charge in [-0.25, -0.2) is 9.79 Å². The summed E-state index contributed by atoms with van der Waals surface area (Å²) in [6.45, 7) is 1.80. The number of esters is 1. The third kappa shape index (κ3) is 4.69. The average molecular weight is 426 g/mol. The number of carbonyl (C=O) groups is 1. The molecule has 3 rings (SSSR count). The number of aliphatic hydroxyl groups is 1. The fraction of sp³-hybridized carbons (Fsp3) is 0.143. The van der Waals surface area contributed by atoms with Crippen LogP contribution in [0.5, 0.6) is 5.75 Å². The normalized spacial score (nSPS) is 16.2. The van der Waals surface area contributed by atoms with Crippen molar-refractivity contribution in [3.63, 3.8) is 0 Å². The number of ether oxygens (including phenoxy) is 2. The summed E-state index contributed by atoms with van der Waals surface area (Å²) in [4.78, 5) is 27.6. The number of carbonyl (C=O) groups excluding carboxylic acids is 1. The molecule has 0 saturated carbocycles. The molecule has 0 bridgehead atoms. The van der Waals surface area contributed by atoms with E-state index in [2.05, 4.69) is 4.99 Å². The molecule has 2 aromatic carbocycles. The molecule has 1 N–H and O–H groups in total. The number of thioether (sulfide) groups is 1. The van der Waals surface area contributed by atoms with Gasteiger partial charge in [-0.2, -0.15) is 0 Å². The minimum absolute atomic E-state index is 0.0469. The quantitative estimate of drug-likeness (QED) is 0.401. The lowest BCUT2D eigenvalue weighted by molar-refractivity contribution is -0.384. The number of hydrogen-bond acceptors (Lipinski definition) is 8. The third-order valence-electron chi connectivity index (χ3n) is 4.05. The molecule has 0 aromatic heterocycles. The Morgan fingerprint density at radius 3 is 2.63 bits per heavy atom. The van der Waals surface area contributed by atoms with E-state index in [9.17, 15) is 20.0 Å². The zero-order valence-corrected chi connectivity index (χ0v) is 17.0. The topological polar surface area (TPSA) is 111 Å². The summed E-state index contributed by atoms with van der Waals surface area (Å²) in [7, 11) is 1.56. The summed E-state index contributed by atoms with van der Waals surface area (Å²) < 4.78 is 10.3. The molecule has 0 spiro atoms. The molecule has 1 heterocycles. The van der Waals surface area contributed by atoms with Crippen LogP contribution in [0.3, 0.4) is 0 Å². The molecule has 0 unspecified atom stereocenters. The van der Waals surface area contributed by atoms with Gasteiger partial charge in [-0.1, -0.05) is 23.9 Å². The second kappa shape index (κ2) is 9.27. The Bertz CT molecular complexity index is 1070. The SMILES string of the molecule is CCOC(=O)C1=C(O)/C(=C/c2cccc(OC)c2)SC1=Nc1ccc([N+](=O)[O-])cc1. The van der Waals surface area contributed by atoms with E-state index in [1.165, 1.54) is 24.3 Å². The lowest BCUT2D eigenvalue weighted by Crippen LogP contribution is -2.12. The van der Waals surface area contributed by atoms with Crippen LogP contribution in [0.2, 0.25) is 0 Å². The van der Waals surface area contributed by atoms with Crippen LogP contribution in [-0.2, 0) is 9.53 Å². The van der Waals surface area contributed by atoms with Gasteiger partial charge in [-0.15, -0.1) is 0 Å². The van der Waals surface area contributed by atoms with Gasteiger partial charge in [-0.05, 0) is 42.8 Å². The van der Waals surface area contributed by atoms with E-state index in [0.29, 0.717) is 16.3 Å². The van der Waals surface area contributed by atoms with E-state index in [4.69, 9.17) is 9.47 Å². The Balaban J connectivity index is 2.01. The molecule has 0 amide bonds. The second-order valence-corrected chi connectivity index (χ2v) is 7.05. The number of benzene rings is 2. The van der Waals surface area contributed by atoms with Crippen LogP contribution in [0.1, 0.15) is 12.5 Å². The number of aliphatic hydroxyl groups excluding tert-OH is 1. The monoisotopic (exact) mass is 426 g/mol.